The molecule has 3 aromatic rings. The van der Waals surface area contributed by atoms with E-state index < -0.39 is 22.6 Å². The van der Waals surface area contributed by atoms with Crippen molar-refractivity contribution in [2.75, 3.05) is 0 Å². The molecule has 0 radical (unpaired) electrons. The van der Waals surface area contributed by atoms with E-state index in [0.29, 0.717) is 10.9 Å². The molecule has 2 aromatic carbocycles. The van der Waals surface area contributed by atoms with E-state index in [1.165, 1.54) is 42.6 Å². The lowest BCUT2D eigenvalue weighted by atomic mass is 10.1. The minimum absolute atomic E-state index is 0.116. The molecule has 0 aliphatic carbocycles. The van der Waals surface area contributed by atoms with Crippen LogP contribution in [0.5, 0.6) is 0 Å². The fraction of sp³-hybridized carbons (Fsp3) is 0.0588. The Morgan fingerprint density at radius 3 is 2.48 bits per heavy atom. The van der Waals surface area contributed by atoms with Crippen LogP contribution in [0.15, 0.2) is 58.0 Å². The number of alkyl halides is 3. The Balaban J connectivity index is 1.69. The van der Waals surface area contributed by atoms with Crippen molar-refractivity contribution < 1.29 is 27.3 Å². The van der Waals surface area contributed by atoms with Crippen LogP contribution in [0.2, 0.25) is 0 Å². The number of carbonyl (C=O) groups excluding carboxylic acids is 1. The van der Waals surface area contributed by atoms with E-state index in [9.17, 15) is 28.1 Å². The summed E-state index contributed by atoms with van der Waals surface area (Å²) in [6.45, 7) is 0. The summed E-state index contributed by atoms with van der Waals surface area (Å²) in [5, 5.41) is 14.8. The van der Waals surface area contributed by atoms with Crippen molar-refractivity contribution in [3.63, 3.8) is 0 Å². The molecular weight excluding hydrogens is 367 g/mol. The standard InChI is InChI=1S/C17H10F3N3O4/c18-17(19,20)12-3-1-10(2-4-12)9-21-22-16(24)15-8-11-7-13(23(25)26)5-6-14(11)27-15/h1-9H,(H,22,24)/b21-9+. The summed E-state index contributed by atoms with van der Waals surface area (Å²) >= 11 is 0. The van der Waals surface area contributed by atoms with Crippen LogP contribution in [0.25, 0.3) is 11.0 Å². The number of furan rings is 1. The number of halogens is 3. The van der Waals surface area contributed by atoms with Crippen molar-refractivity contribution in [1.29, 1.82) is 0 Å². The van der Waals surface area contributed by atoms with Gasteiger partial charge in [-0.25, -0.2) is 5.43 Å². The number of amides is 1. The lowest BCUT2D eigenvalue weighted by molar-refractivity contribution is -0.384. The highest BCUT2D eigenvalue weighted by Crippen LogP contribution is 2.29. The van der Waals surface area contributed by atoms with E-state index >= 15 is 0 Å². The Morgan fingerprint density at radius 1 is 1.15 bits per heavy atom. The number of non-ortho nitro benzene ring substituents is 1. The molecule has 0 bridgehead atoms. The molecule has 3 rings (SSSR count). The lowest BCUT2D eigenvalue weighted by Crippen LogP contribution is -2.16. The Kier molecular flexibility index (Phi) is 4.63. The van der Waals surface area contributed by atoms with Crippen molar-refractivity contribution in [1.82, 2.24) is 5.43 Å². The van der Waals surface area contributed by atoms with E-state index in [2.05, 4.69) is 10.5 Å². The van der Waals surface area contributed by atoms with Gasteiger partial charge in [-0.15, -0.1) is 0 Å². The molecule has 1 N–H and O–H groups in total. The molecule has 27 heavy (non-hydrogen) atoms. The van der Waals surface area contributed by atoms with E-state index in [-0.39, 0.29) is 17.0 Å². The number of hydrogen-bond donors (Lipinski definition) is 1. The largest absolute Gasteiger partial charge is 0.451 e. The second kappa shape index (κ2) is 6.90. The zero-order chi connectivity index (χ0) is 19.6. The van der Waals surface area contributed by atoms with E-state index in [4.69, 9.17) is 4.42 Å². The smallest absolute Gasteiger partial charge is 0.416 e. The minimum Gasteiger partial charge on any atom is -0.451 e. The second-order valence-corrected chi connectivity index (χ2v) is 5.41. The first-order valence-electron chi connectivity index (χ1n) is 7.43. The molecule has 0 unspecified atom stereocenters. The van der Waals surface area contributed by atoms with Crippen molar-refractivity contribution in [3.8, 4) is 0 Å². The number of carbonyl (C=O) groups is 1. The van der Waals surface area contributed by atoms with Crippen LogP contribution in [0.1, 0.15) is 21.7 Å². The van der Waals surface area contributed by atoms with Gasteiger partial charge < -0.3 is 4.42 Å². The second-order valence-electron chi connectivity index (χ2n) is 5.41. The number of fused-ring (bicyclic) bond motifs is 1. The Bertz CT molecular complexity index is 1040. The SMILES string of the molecule is O=C(N/N=C/c1ccc(C(F)(F)F)cc1)c1cc2cc([N+](=O)[O-])ccc2o1. The third-order valence-corrected chi connectivity index (χ3v) is 3.55. The van der Waals surface area contributed by atoms with Gasteiger partial charge in [0.05, 0.1) is 16.7 Å². The van der Waals surface area contributed by atoms with E-state index in [0.717, 1.165) is 12.1 Å². The van der Waals surface area contributed by atoms with Gasteiger partial charge >= 0.3 is 12.1 Å². The number of nitrogens with one attached hydrogen (secondary N) is 1. The first-order chi connectivity index (χ1) is 12.7. The molecule has 0 atom stereocenters. The molecule has 1 heterocycles. The number of rotatable bonds is 4. The summed E-state index contributed by atoms with van der Waals surface area (Å²) < 4.78 is 42.7. The third-order valence-electron chi connectivity index (χ3n) is 3.55. The predicted molar refractivity (Wildman–Crippen MR) is 89.4 cm³/mol. The van der Waals surface area contributed by atoms with Gasteiger partial charge in [0.25, 0.3) is 5.69 Å². The van der Waals surface area contributed by atoms with E-state index in [1.54, 1.807) is 0 Å². The van der Waals surface area contributed by atoms with Gasteiger partial charge in [0.1, 0.15) is 5.58 Å². The topological polar surface area (TPSA) is 97.7 Å². The Labute approximate surface area is 149 Å². The zero-order valence-electron chi connectivity index (χ0n) is 13.4. The third kappa shape index (κ3) is 4.11. The molecular formula is C17H10F3N3O4. The number of nitro groups is 1. The summed E-state index contributed by atoms with van der Waals surface area (Å²) in [7, 11) is 0. The Hall–Kier alpha value is -3.69. The highest BCUT2D eigenvalue weighted by molar-refractivity contribution is 5.97. The highest BCUT2D eigenvalue weighted by atomic mass is 19.4. The molecule has 0 aliphatic heterocycles. The molecule has 0 aliphatic rings. The van der Waals surface area contributed by atoms with Crippen LogP contribution >= 0.6 is 0 Å². The first-order valence-corrected chi connectivity index (χ1v) is 7.43. The summed E-state index contributed by atoms with van der Waals surface area (Å²) in [5.41, 5.74) is 1.88. The van der Waals surface area contributed by atoms with Gasteiger partial charge in [0, 0.05) is 17.5 Å². The van der Waals surface area contributed by atoms with Gasteiger partial charge in [-0.1, -0.05) is 12.1 Å². The van der Waals surface area contributed by atoms with Gasteiger partial charge in [-0.2, -0.15) is 18.3 Å². The number of benzene rings is 2. The van der Waals surface area contributed by atoms with Crippen LogP contribution in [0.4, 0.5) is 18.9 Å². The van der Waals surface area contributed by atoms with Gasteiger partial charge in [-0.3, -0.25) is 14.9 Å². The maximum absolute atomic E-state index is 12.5. The molecule has 0 spiro atoms. The molecule has 1 amide bonds. The van der Waals surface area contributed by atoms with E-state index in [1.807, 2.05) is 0 Å². The molecule has 0 saturated carbocycles. The molecule has 0 saturated heterocycles. The number of nitro benzene ring substituents is 1. The first kappa shape index (κ1) is 18.1. The minimum atomic E-state index is -4.43. The van der Waals surface area contributed by atoms with Gasteiger partial charge in [0.2, 0.25) is 0 Å². The van der Waals surface area contributed by atoms with Crippen LogP contribution in [-0.2, 0) is 6.18 Å². The summed E-state index contributed by atoms with van der Waals surface area (Å²) in [4.78, 5) is 22.2. The Morgan fingerprint density at radius 2 is 1.85 bits per heavy atom. The fourth-order valence-corrected chi connectivity index (χ4v) is 2.23. The number of hydrazone groups is 1. The van der Waals surface area contributed by atoms with Crippen LogP contribution in [0, 0.1) is 10.1 Å². The summed E-state index contributed by atoms with van der Waals surface area (Å²) in [6, 6.07) is 9.42. The molecule has 1 aromatic heterocycles. The van der Waals surface area contributed by atoms with Crippen LogP contribution in [0.3, 0.4) is 0 Å². The quantitative estimate of drug-likeness (QED) is 0.420. The number of nitrogens with zero attached hydrogens (tertiary/aromatic N) is 2. The van der Waals surface area contributed by atoms with Crippen molar-refractivity contribution in [2.24, 2.45) is 5.10 Å². The zero-order valence-corrected chi connectivity index (χ0v) is 13.4. The van der Waals surface area contributed by atoms with Crippen LogP contribution in [-0.4, -0.2) is 17.0 Å². The highest BCUT2D eigenvalue weighted by Gasteiger charge is 2.29. The van der Waals surface area contributed by atoms with Crippen LogP contribution < -0.4 is 5.43 Å². The normalized spacial score (nSPS) is 11.8. The predicted octanol–water partition coefficient (Wildman–Crippen LogP) is 4.12. The number of hydrogen-bond acceptors (Lipinski definition) is 5. The maximum Gasteiger partial charge on any atom is 0.416 e. The van der Waals surface area contributed by atoms with Crippen molar-refractivity contribution in [3.05, 3.63) is 75.5 Å². The molecule has 138 valence electrons. The fourth-order valence-electron chi connectivity index (χ4n) is 2.23. The molecule has 0 fully saturated rings. The molecule has 10 heteroatoms. The molecule has 7 nitrogen and oxygen atoms in total. The lowest BCUT2D eigenvalue weighted by Gasteiger charge is -2.05. The maximum atomic E-state index is 12.5. The summed E-state index contributed by atoms with van der Waals surface area (Å²) in [5.74, 6) is -0.827. The average molecular weight is 377 g/mol. The van der Waals surface area contributed by atoms with Gasteiger partial charge in [-0.05, 0) is 29.8 Å². The van der Waals surface area contributed by atoms with Crippen molar-refractivity contribution in [2.45, 2.75) is 6.18 Å². The monoisotopic (exact) mass is 377 g/mol. The van der Waals surface area contributed by atoms with Crippen molar-refractivity contribution >= 4 is 28.8 Å². The summed E-state index contributed by atoms with van der Waals surface area (Å²) in [6.07, 6.45) is -3.26. The van der Waals surface area contributed by atoms with Gasteiger partial charge in [0.15, 0.2) is 5.76 Å². The average Bonchev–Trinajstić information content (AvgIpc) is 3.04.